The molecule has 7 nitrogen and oxygen atoms in total. The number of carbonyl (C=O) groups is 1. The molecule has 4 rings (SSSR count). The smallest absolute Gasteiger partial charge is 0.225 e. The van der Waals surface area contributed by atoms with Gasteiger partial charge in [-0.15, -0.1) is 0 Å². The molecule has 1 N–H and O–H groups in total. The van der Waals surface area contributed by atoms with Gasteiger partial charge in [0.05, 0.1) is 0 Å². The highest BCUT2D eigenvalue weighted by molar-refractivity contribution is 5.78. The molecule has 1 aromatic heterocycles. The number of piperidine rings is 3. The Labute approximate surface area is 187 Å². The van der Waals surface area contributed by atoms with Gasteiger partial charge in [0.2, 0.25) is 11.9 Å². The van der Waals surface area contributed by atoms with Crippen LogP contribution in [0.1, 0.15) is 57.1 Å². The van der Waals surface area contributed by atoms with E-state index in [2.05, 4.69) is 30.0 Å². The van der Waals surface area contributed by atoms with Crippen LogP contribution in [0.4, 0.5) is 5.95 Å². The van der Waals surface area contributed by atoms with Crippen molar-refractivity contribution in [1.82, 2.24) is 25.1 Å². The van der Waals surface area contributed by atoms with Crippen LogP contribution in [0.25, 0.3) is 0 Å². The summed E-state index contributed by atoms with van der Waals surface area (Å²) in [5.41, 5.74) is 0.987. The summed E-state index contributed by atoms with van der Waals surface area (Å²) in [5, 5.41) is 3.19. The van der Waals surface area contributed by atoms with Crippen molar-refractivity contribution in [2.24, 2.45) is 5.92 Å². The Morgan fingerprint density at radius 2 is 1.77 bits per heavy atom. The van der Waals surface area contributed by atoms with Gasteiger partial charge in [0.1, 0.15) is 0 Å². The first-order valence-electron chi connectivity index (χ1n) is 12.5. The molecule has 0 bridgehead atoms. The maximum absolute atomic E-state index is 12.6. The highest BCUT2D eigenvalue weighted by Gasteiger charge is 2.27. The number of aryl methyl sites for hydroxylation is 1. The van der Waals surface area contributed by atoms with Crippen LogP contribution in [0.2, 0.25) is 0 Å². The summed E-state index contributed by atoms with van der Waals surface area (Å²) in [7, 11) is 0. The topological polar surface area (TPSA) is 64.6 Å². The van der Waals surface area contributed by atoms with E-state index < -0.39 is 0 Å². The van der Waals surface area contributed by atoms with Crippen molar-refractivity contribution in [3.8, 4) is 0 Å². The second-order valence-electron chi connectivity index (χ2n) is 9.57. The van der Waals surface area contributed by atoms with Gasteiger partial charge in [0.25, 0.3) is 0 Å². The Bertz CT molecular complexity index is 691. The molecule has 1 aromatic rings. The van der Waals surface area contributed by atoms with E-state index in [0.717, 1.165) is 63.1 Å². The van der Waals surface area contributed by atoms with Crippen molar-refractivity contribution in [3.05, 3.63) is 18.0 Å². The highest BCUT2D eigenvalue weighted by atomic mass is 16.1. The molecule has 0 atom stereocenters. The molecule has 0 aliphatic carbocycles. The summed E-state index contributed by atoms with van der Waals surface area (Å²) in [6.07, 6.45) is 11.5. The fraction of sp³-hybridized carbons (Fsp3) is 0.792. The third-order valence-electron chi connectivity index (χ3n) is 7.35. The second kappa shape index (κ2) is 11.2. The number of aromatic nitrogens is 2. The summed E-state index contributed by atoms with van der Waals surface area (Å²) in [5.74, 6) is 1.15. The maximum Gasteiger partial charge on any atom is 0.225 e. The lowest BCUT2D eigenvalue weighted by Gasteiger charge is -2.40. The number of nitrogens with one attached hydrogen (secondary N) is 1. The molecule has 0 unspecified atom stereocenters. The van der Waals surface area contributed by atoms with E-state index in [0.29, 0.717) is 0 Å². The predicted molar refractivity (Wildman–Crippen MR) is 124 cm³/mol. The van der Waals surface area contributed by atoms with Crippen LogP contribution < -0.4 is 10.2 Å². The maximum atomic E-state index is 12.6. The molecule has 0 radical (unpaired) electrons. The number of amides is 1. The standard InChI is InChI=1S/C24H40N6O/c1-20-6-12-26-24(27-20)30-18-7-21(8-19-30)23(31)25-11-5-13-28-16-9-22(10-17-28)29-14-3-2-4-15-29/h6,12,21-22H,2-5,7-11,13-19H2,1H3,(H,25,31). The molecule has 3 saturated heterocycles. The Kier molecular flexibility index (Phi) is 8.14. The molecule has 3 fully saturated rings. The van der Waals surface area contributed by atoms with Crippen LogP contribution >= 0.6 is 0 Å². The zero-order chi connectivity index (χ0) is 21.5. The summed E-state index contributed by atoms with van der Waals surface area (Å²) in [6, 6.07) is 2.73. The molecular formula is C24H40N6O. The molecule has 172 valence electrons. The number of rotatable bonds is 7. The van der Waals surface area contributed by atoms with Crippen molar-refractivity contribution in [2.75, 3.05) is 57.3 Å². The van der Waals surface area contributed by atoms with Crippen molar-refractivity contribution < 1.29 is 4.79 Å². The number of hydrogen-bond acceptors (Lipinski definition) is 6. The average Bonchev–Trinajstić information content (AvgIpc) is 2.83. The quantitative estimate of drug-likeness (QED) is 0.673. The summed E-state index contributed by atoms with van der Waals surface area (Å²) < 4.78 is 0. The van der Waals surface area contributed by atoms with E-state index in [-0.39, 0.29) is 11.8 Å². The van der Waals surface area contributed by atoms with E-state index in [4.69, 9.17) is 0 Å². The predicted octanol–water partition coefficient (Wildman–Crippen LogP) is 2.46. The molecule has 3 aliphatic heterocycles. The van der Waals surface area contributed by atoms with Crippen molar-refractivity contribution in [2.45, 2.75) is 64.3 Å². The van der Waals surface area contributed by atoms with Gasteiger partial charge < -0.3 is 20.0 Å². The third-order valence-corrected chi connectivity index (χ3v) is 7.35. The lowest BCUT2D eigenvalue weighted by Crippen LogP contribution is -2.47. The van der Waals surface area contributed by atoms with Crippen LogP contribution in [-0.2, 0) is 4.79 Å². The van der Waals surface area contributed by atoms with Crippen molar-refractivity contribution in [1.29, 1.82) is 0 Å². The molecule has 0 saturated carbocycles. The Morgan fingerprint density at radius 1 is 1.03 bits per heavy atom. The summed E-state index contributed by atoms with van der Waals surface area (Å²) in [6.45, 7) is 10.7. The fourth-order valence-corrected chi connectivity index (χ4v) is 5.38. The number of likely N-dealkylation sites (tertiary alicyclic amines) is 2. The van der Waals surface area contributed by atoms with Crippen LogP contribution in [0.15, 0.2) is 12.3 Å². The zero-order valence-electron chi connectivity index (χ0n) is 19.3. The molecular weight excluding hydrogens is 388 g/mol. The van der Waals surface area contributed by atoms with Gasteiger partial charge in [0, 0.05) is 43.5 Å². The average molecular weight is 429 g/mol. The van der Waals surface area contributed by atoms with Crippen LogP contribution in [0, 0.1) is 12.8 Å². The largest absolute Gasteiger partial charge is 0.356 e. The SMILES string of the molecule is Cc1ccnc(N2CCC(C(=O)NCCCN3CCC(N4CCCCC4)CC3)CC2)n1. The molecule has 31 heavy (non-hydrogen) atoms. The highest BCUT2D eigenvalue weighted by Crippen LogP contribution is 2.22. The van der Waals surface area contributed by atoms with Crippen LogP contribution in [0.5, 0.6) is 0 Å². The normalized spacial score (nSPS) is 22.5. The molecule has 4 heterocycles. The first-order chi connectivity index (χ1) is 15.2. The first-order valence-corrected chi connectivity index (χ1v) is 12.5. The van der Waals surface area contributed by atoms with E-state index in [1.165, 1.54) is 58.3 Å². The van der Waals surface area contributed by atoms with E-state index in [1.54, 1.807) is 0 Å². The summed E-state index contributed by atoms with van der Waals surface area (Å²) in [4.78, 5) is 29.0. The Balaban J connectivity index is 1.08. The first kappa shape index (κ1) is 22.5. The molecule has 1 amide bonds. The summed E-state index contributed by atoms with van der Waals surface area (Å²) >= 11 is 0. The molecule has 3 aliphatic rings. The molecule has 7 heteroatoms. The van der Waals surface area contributed by atoms with Gasteiger partial charge in [-0.05, 0) is 90.7 Å². The minimum Gasteiger partial charge on any atom is -0.356 e. The van der Waals surface area contributed by atoms with E-state index in [9.17, 15) is 4.79 Å². The zero-order valence-corrected chi connectivity index (χ0v) is 19.3. The van der Waals surface area contributed by atoms with E-state index in [1.807, 2.05) is 19.2 Å². The van der Waals surface area contributed by atoms with Gasteiger partial charge >= 0.3 is 0 Å². The van der Waals surface area contributed by atoms with Gasteiger partial charge in [-0.3, -0.25) is 4.79 Å². The lowest BCUT2D eigenvalue weighted by atomic mass is 9.96. The van der Waals surface area contributed by atoms with Gasteiger partial charge in [-0.25, -0.2) is 9.97 Å². The second-order valence-corrected chi connectivity index (χ2v) is 9.57. The monoisotopic (exact) mass is 428 g/mol. The molecule has 0 spiro atoms. The number of hydrogen-bond donors (Lipinski definition) is 1. The van der Waals surface area contributed by atoms with Crippen LogP contribution in [-0.4, -0.2) is 84.1 Å². The van der Waals surface area contributed by atoms with Crippen molar-refractivity contribution in [3.63, 3.8) is 0 Å². The van der Waals surface area contributed by atoms with Crippen molar-refractivity contribution >= 4 is 11.9 Å². The molecule has 0 aromatic carbocycles. The Morgan fingerprint density at radius 3 is 2.48 bits per heavy atom. The van der Waals surface area contributed by atoms with Gasteiger partial charge in [-0.1, -0.05) is 6.42 Å². The van der Waals surface area contributed by atoms with Crippen LogP contribution in [0.3, 0.4) is 0 Å². The lowest BCUT2D eigenvalue weighted by molar-refractivity contribution is -0.125. The minimum atomic E-state index is 0.126. The van der Waals surface area contributed by atoms with E-state index >= 15 is 0 Å². The minimum absolute atomic E-state index is 0.126. The Hall–Kier alpha value is -1.73. The number of anilines is 1. The number of nitrogens with zero attached hydrogens (tertiary/aromatic N) is 5. The van der Waals surface area contributed by atoms with Gasteiger partial charge in [0.15, 0.2) is 0 Å². The van der Waals surface area contributed by atoms with Gasteiger partial charge in [-0.2, -0.15) is 0 Å². The fourth-order valence-electron chi connectivity index (χ4n) is 5.38. The third kappa shape index (κ3) is 6.39. The number of carbonyl (C=O) groups excluding carboxylic acids is 1.